The highest BCUT2D eigenvalue weighted by atomic mass is 19.1. The van der Waals surface area contributed by atoms with Crippen molar-refractivity contribution in [2.24, 2.45) is 5.73 Å². The van der Waals surface area contributed by atoms with E-state index in [0.717, 1.165) is 11.1 Å². The summed E-state index contributed by atoms with van der Waals surface area (Å²) in [6, 6.07) is 11.8. The molecule has 0 saturated carbocycles. The Labute approximate surface area is 134 Å². The third kappa shape index (κ3) is 5.27. The van der Waals surface area contributed by atoms with Crippen LogP contribution in [0.4, 0.5) is 4.39 Å². The molecule has 5 nitrogen and oxygen atoms in total. The molecule has 0 radical (unpaired) electrons. The van der Waals surface area contributed by atoms with Crippen molar-refractivity contribution in [3.63, 3.8) is 0 Å². The SMILES string of the molecule is COc1cc(CNCc2ccc(F)cc2)ccc1OCC(N)=O. The molecule has 0 aliphatic rings. The zero-order chi connectivity index (χ0) is 16.7. The normalized spacial score (nSPS) is 10.3. The van der Waals surface area contributed by atoms with Crippen molar-refractivity contribution in [2.45, 2.75) is 13.1 Å². The molecule has 0 bridgehead atoms. The molecule has 0 unspecified atom stereocenters. The second kappa shape index (κ2) is 8.14. The monoisotopic (exact) mass is 318 g/mol. The molecule has 0 saturated heterocycles. The highest BCUT2D eigenvalue weighted by molar-refractivity contribution is 5.75. The Morgan fingerprint density at radius 1 is 1.09 bits per heavy atom. The van der Waals surface area contributed by atoms with E-state index in [1.54, 1.807) is 18.2 Å². The van der Waals surface area contributed by atoms with E-state index >= 15 is 0 Å². The van der Waals surface area contributed by atoms with Gasteiger partial charge in [0.15, 0.2) is 18.1 Å². The van der Waals surface area contributed by atoms with Gasteiger partial charge < -0.3 is 20.5 Å². The number of carbonyl (C=O) groups is 1. The van der Waals surface area contributed by atoms with Gasteiger partial charge in [-0.05, 0) is 35.4 Å². The number of amides is 1. The molecule has 0 aliphatic heterocycles. The van der Waals surface area contributed by atoms with Crippen molar-refractivity contribution in [1.29, 1.82) is 0 Å². The van der Waals surface area contributed by atoms with E-state index in [1.165, 1.54) is 19.2 Å². The van der Waals surface area contributed by atoms with Crippen LogP contribution in [0, 0.1) is 5.82 Å². The van der Waals surface area contributed by atoms with Crippen molar-refractivity contribution < 1.29 is 18.7 Å². The van der Waals surface area contributed by atoms with Crippen LogP contribution in [0.3, 0.4) is 0 Å². The number of rotatable bonds is 8. The summed E-state index contributed by atoms with van der Waals surface area (Å²) in [6.45, 7) is 1.05. The van der Waals surface area contributed by atoms with Gasteiger partial charge in [0.05, 0.1) is 7.11 Å². The number of nitrogens with two attached hydrogens (primary N) is 1. The van der Waals surface area contributed by atoms with Crippen LogP contribution in [0.15, 0.2) is 42.5 Å². The molecule has 2 aromatic rings. The molecule has 0 spiro atoms. The van der Waals surface area contributed by atoms with E-state index < -0.39 is 5.91 Å². The molecule has 0 aliphatic carbocycles. The van der Waals surface area contributed by atoms with Crippen LogP contribution in [0.2, 0.25) is 0 Å². The Kier molecular flexibility index (Phi) is 5.94. The third-order valence-corrected chi connectivity index (χ3v) is 3.17. The molecule has 2 rings (SSSR count). The zero-order valence-electron chi connectivity index (χ0n) is 12.8. The van der Waals surface area contributed by atoms with Crippen LogP contribution >= 0.6 is 0 Å². The van der Waals surface area contributed by atoms with Gasteiger partial charge in [0.2, 0.25) is 0 Å². The molecule has 122 valence electrons. The van der Waals surface area contributed by atoms with Crippen molar-refractivity contribution in [3.8, 4) is 11.5 Å². The largest absolute Gasteiger partial charge is 0.493 e. The van der Waals surface area contributed by atoms with Crippen LogP contribution in [0.5, 0.6) is 11.5 Å². The Morgan fingerprint density at radius 3 is 2.39 bits per heavy atom. The molecule has 2 aromatic carbocycles. The molecule has 0 atom stereocenters. The van der Waals surface area contributed by atoms with Crippen molar-refractivity contribution in [2.75, 3.05) is 13.7 Å². The number of primary amides is 1. The summed E-state index contributed by atoms with van der Waals surface area (Å²) in [6.07, 6.45) is 0. The molecular formula is C17H19FN2O3. The van der Waals surface area contributed by atoms with E-state index in [9.17, 15) is 9.18 Å². The summed E-state index contributed by atoms with van der Waals surface area (Å²) < 4.78 is 23.4. The summed E-state index contributed by atoms with van der Waals surface area (Å²) in [5, 5.41) is 3.27. The average Bonchev–Trinajstić information content (AvgIpc) is 2.55. The van der Waals surface area contributed by atoms with Crippen molar-refractivity contribution in [1.82, 2.24) is 5.32 Å². The van der Waals surface area contributed by atoms with Gasteiger partial charge in [-0.2, -0.15) is 0 Å². The number of benzene rings is 2. The van der Waals surface area contributed by atoms with Crippen molar-refractivity contribution >= 4 is 5.91 Å². The van der Waals surface area contributed by atoms with Gasteiger partial charge >= 0.3 is 0 Å². The van der Waals surface area contributed by atoms with Gasteiger partial charge in [0, 0.05) is 13.1 Å². The Morgan fingerprint density at radius 2 is 1.74 bits per heavy atom. The first-order chi connectivity index (χ1) is 11.1. The van der Waals surface area contributed by atoms with Gasteiger partial charge in [-0.3, -0.25) is 4.79 Å². The second-order valence-corrected chi connectivity index (χ2v) is 4.97. The number of carbonyl (C=O) groups excluding carboxylic acids is 1. The molecule has 0 heterocycles. The summed E-state index contributed by atoms with van der Waals surface area (Å²) >= 11 is 0. The smallest absolute Gasteiger partial charge is 0.255 e. The van der Waals surface area contributed by atoms with E-state index in [1.807, 2.05) is 12.1 Å². The first-order valence-electron chi connectivity index (χ1n) is 7.11. The predicted molar refractivity (Wildman–Crippen MR) is 84.6 cm³/mol. The maximum absolute atomic E-state index is 12.8. The zero-order valence-corrected chi connectivity index (χ0v) is 12.8. The number of hydrogen-bond acceptors (Lipinski definition) is 4. The van der Waals surface area contributed by atoms with Crippen molar-refractivity contribution in [3.05, 3.63) is 59.4 Å². The summed E-state index contributed by atoms with van der Waals surface area (Å²) in [4.78, 5) is 10.8. The highest BCUT2D eigenvalue weighted by Crippen LogP contribution is 2.28. The maximum atomic E-state index is 12.8. The lowest BCUT2D eigenvalue weighted by Crippen LogP contribution is -2.20. The van der Waals surface area contributed by atoms with E-state index in [0.29, 0.717) is 24.6 Å². The number of halogens is 1. The van der Waals surface area contributed by atoms with Crippen LogP contribution in [-0.4, -0.2) is 19.6 Å². The molecule has 6 heteroatoms. The van der Waals surface area contributed by atoms with E-state index in [2.05, 4.69) is 5.32 Å². The van der Waals surface area contributed by atoms with Gasteiger partial charge in [0.25, 0.3) is 5.91 Å². The minimum absolute atomic E-state index is 0.196. The fourth-order valence-electron chi connectivity index (χ4n) is 2.04. The summed E-state index contributed by atoms with van der Waals surface area (Å²) in [5.74, 6) is 0.211. The van der Waals surface area contributed by atoms with Gasteiger partial charge in [-0.25, -0.2) is 4.39 Å². The lowest BCUT2D eigenvalue weighted by atomic mass is 10.2. The first-order valence-corrected chi connectivity index (χ1v) is 7.11. The second-order valence-electron chi connectivity index (χ2n) is 4.97. The molecule has 0 fully saturated rings. The number of hydrogen-bond donors (Lipinski definition) is 2. The minimum Gasteiger partial charge on any atom is -0.493 e. The van der Waals surface area contributed by atoms with Crippen LogP contribution < -0.4 is 20.5 Å². The molecule has 1 amide bonds. The maximum Gasteiger partial charge on any atom is 0.255 e. The van der Waals surface area contributed by atoms with Crippen LogP contribution in [-0.2, 0) is 17.9 Å². The Balaban J connectivity index is 1.92. The number of methoxy groups -OCH3 is 1. The quantitative estimate of drug-likeness (QED) is 0.780. The Bertz CT molecular complexity index is 659. The standard InChI is InChI=1S/C17H19FN2O3/c1-22-16-8-13(4-7-15(16)23-11-17(19)21)10-20-9-12-2-5-14(18)6-3-12/h2-8,20H,9-11H2,1H3,(H2,19,21). The summed E-state index contributed by atoms with van der Waals surface area (Å²) in [7, 11) is 1.53. The minimum atomic E-state index is -0.544. The predicted octanol–water partition coefficient (Wildman–Crippen LogP) is 1.99. The van der Waals surface area contributed by atoms with Gasteiger partial charge in [-0.15, -0.1) is 0 Å². The molecular weight excluding hydrogens is 299 g/mol. The number of ether oxygens (including phenoxy) is 2. The highest BCUT2D eigenvalue weighted by Gasteiger charge is 2.07. The fraction of sp³-hybridized carbons (Fsp3) is 0.235. The van der Waals surface area contributed by atoms with E-state index in [-0.39, 0.29) is 12.4 Å². The lowest BCUT2D eigenvalue weighted by molar-refractivity contribution is -0.119. The van der Waals surface area contributed by atoms with E-state index in [4.69, 9.17) is 15.2 Å². The molecule has 3 N–H and O–H groups in total. The van der Waals surface area contributed by atoms with Gasteiger partial charge in [-0.1, -0.05) is 18.2 Å². The summed E-state index contributed by atoms with van der Waals surface area (Å²) in [5.41, 5.74) is 7.05. The average molecular weight is 318 g/mol. The first kappa shape index (κ1) is 16.8. The van der Waals surface area contributed by atoms with Gasteiger partial charge in [0.1, 0.15) is 5.82 Å². The molecule has 0 aromatic heterocycles. The van der Waals surface area contributed by atoms with Crippen LogP contribution in [0.25, 0.3) is 0 Å². The Hall–Kier alpha value is -2.60. The lowest BCUT2D eigenvalue weighted by Gasteiger charge is -2.12. The van der Waals surface area contributed by atoms with Crippen LogP contribution in [0.1, 0.15) is 11.1 Å². The topological polar surface area (TPSA) is 73.6 Å². The molecule has 23 heavy (non-hydrogen) atoms. The number of nitrogens with one attached hydrogen (secondary N) is 1. The third-order valence-electron chi connectivity index (χ3n) is 3.17. The fourth-order valence-corrected chi connectivity index (χ4v) is 2.04.